The first-order valence-electron chi connectivity index (χ1n) is 9.26. The van der Waals surface area contributed by atoms with Gasteiger partial charge in [-0.05, 0) is 41.8 Å². The summed E-state index contributed by atoms with van der Waals surface area (Å²) in [5.41, 5.74) is 3.89. The van der Waals surface area contributed by atoms with Crippen molar-refractivity contribution in [3.63, 3.8) is 0 Å². The summed E-state index contributed by atoms with van der Waals surface area (Å²) in [4.78, 5) is 19.6. The van der Waals surface area contributed by atoms with E-state index < -0.39 is 0 Å². The molecule has 4 rings (SSSR count). The zero-order chi connectivity index (χ0) is 20.2. The van der Waals surface area contributed by atoms with Crippen LogP contribution in [0, 0.1) is 6.92 Å². The summed E-state index contributed by atoms with van der Waals surface area (Å²) < 4.78 is 1.07. The zero-order valence-corrected chi connectivity index (χ0v) is 17.5. The Balaban J connectivity index is 1.70. The second-order valence-corrected chi connectivity index (χ2v) is 8.10. The monoisotopic (exact) mass is 418 g/mol. The molecule has 5 heteroatoms. The minimum absolute atomic E-state index is 0.134. The molecule has 0 N–H and O–H groups in total. The molecule has 0 aliphatic heterocycles. The van der Waals surface area contributed by atoms with Crippen LogP contribution >= 0.6 is 22.9 Å². The summed E-state index contributed by atoms with van der Waals surface area (Å²) in [6, 6.07) is 23.5. The number of benzene rings is 3. The van der Waals surface area contributed by atoms with E-state index >= 15 is 0 Å². The molecule has 1 amide bonds. The predicted molar refractivity (Wildman–Crippen MR) is 122 cm³/mol. The number of anilines is 1. The Morgan fingerprint density at radius 2 is 1.79 bits per heavy atom. The number of hydrogen-bond acceptors (Lipinski definition) is 3. The Morgan fingerprint density at radius 1 is 1.03 bits per heavy atom. The smallest absolute Gasteiger partial charge is 0.253 e. The fourth-order valence-corrected chi connectivity index (χ4v) is 4.30. The SMILES string of the molecule is Cc1cccc2sc(N(Cc3ccccc3)C(=O)/C=C/c3ccccc3Cl)nc12. The van der Waals surface area contributed by atoms with Gasteiger partial charge >= 0.3 is 0 Å². The van der Waals surface area contributed by atoms with Gasteiger partial charge < -0.3 is 0 Å². The molecule has 0 spiro atoms. The number of thiazole rings is 1. The fraction of sp³-hybridized carbons (Fsp3) is 0.0833. The summed E-state index contributed by atoms with van der Waals surface area (Å²) in [5, 5.41) is 1.30. The number of fused-ring (bicyclic) bond motifs is 1. The van der Waals surface area contributed by atoms with Gasteiger partial charge in [-0.25, -0.2) is 4.98 Å². The average molecular weight is 419 g/mol. The Labute approximate surface area is 178 Å². The molecule has 0 saturated carbocycles. The third kappa shape index (κ3) is 4.39. The fourth-order valence-electron chi connectivity index (χ4n) is 3.06. The minimum atomic E-state index is -0.134. The van der Waals surface area contributed by atoms with Gasteiger partial charge in [0.05, 0.1) is 16.8 Å². The standard InChI is InChI=1S/C24H19ClN2OS/c1-17-8-7-13-21-23(17)26-24(29-21)27(16-18-9-3-2-4-10-18)22(28)15-14-19-11-5-6-12-20(19)25/h2-15H,16H2,1H3/b15-14+. The van der Waals surface area contributed by atoms with Crippen molar-refractivity contribution in [1.82, 2.24) is 4.98 Å². The Hall–Kier alpha value is -2.95. The Morgan fingerprint density at radius 3 is 2.55 bits per heavy atom. The molecule has 1 heterocycles. The van der Waals surface area contributed by atoms with Crippen molar-refractivity contribution in [2.45, 2.75) is 13.5 Å². The van der Waals surface area contributed by atoms with E-state index in [1.807, 2.05) is 79.7 Å². The Bertz CT molecular complexity index is 1180. The van der Waals surface area contributed by atoms with E-state index in [9.17, 15) is 4.79 Å². The van der Waals surface area contributed by atoms with E-state index in [0.717, 1.165) is 26.9 Å². The number of halogens is 1. The number of hydrogen-bond donors (Lipinski definition) is 0. The summed E-state index contributed by atoms with van der Waals surface area (Å²) in [6.45, 7) is 2.48. The number of nitrogens with zero attached hydrogens (tertiary/aromatic N) is 2. The van der Waals surface area contributed by atoms with Crippen molar-refractivity contribution in [3.05, 3.63) is 101 Å². The number of rotatable bonds is 5. The summed E-state index contributed by atoms with van der Waals surface area (Å²) in [7, 11) is 0. The predicted octanol–water partition coefficient (Wildman–Crippen LogP) is 6.50. The van der Waals surface area contributed by atoms with Crippen LogP contribution in [-0.2, 0) is 11.3 Å². The van der Waals surface area contributed by atoms with Crippen molar-refractivity contribution in [2.24, 2.45) is 0 Å². The third-order valence-electron chi connectivity index (χ3n) is 4.60. The maximum absolute atomic E-state index is 13.2. The zero-order valence-electron chi connectivity index (χ0n) is 15.9. The van der Waals surface area contributed by atoms with Crippen LogP contribution in [0.4, 0.5) is 5.13 Å². The van der Waals surface area contributed by atoms with E-state index in [4.69, 9.17) is 16.6 Å². The van der Waals surface area contributed by atoms with Crippen molar-refractivity contribution >= 4 is 50.3 Å². The number of carbonyl (C=O) groups is 1. The van der Waals surface area contributed by atoms with Gasteiger partial charge in [-0.15, -0.1) is 0 Å². The van der Waals surface area contributed by atoms with Gasteiger partial charge in [0.15, 0.2) is 5.13 Å². The first-order valence-corrected chi connectivity index (χ1v) is 10.5. The summed E-state index contributed by atoms with van der Waals surface area (Å²) in [5.74, 6) is -0.134. The molecule has 0 fully saturated rings. The highest BCUT2D eigenvalue weighted by molar-refractivity contribution is 7.22. The molecule has 0 bridgehead atoms. The molecule has 144 valence electrons. The van der Waals surface area contributed by atoms with E-state index in [1.165, 1.54) is 11.3 Å². The second-order valence-electron chi connectivity index (χ2n) is 6.68. The third-order valence-corrected chi connectivity index (χ3v) is 5.99. The molecular formula is C24H19ClN2OS. The number of aromatic nitrogens is 1. The van der Waals surface area contributed by atoms with Crippen molar-refractivity contribution in [2.75, 3.05) is 4.90 Å². The molecule has 0 atom stereocenters. The topological polar surface area (TPSA) is 33.2 Å². The Kier molecular flexibility index (Phi) is 5.74. The quantitative estimate of drug-likeness (QED) is 0.346. The van der Waals surface area contributed by atoms with E-state index in [1.54, 1.807) is 17.1 Å². The highest BCUT2D eigenvalue weighted by atomic mass is 35.5. The second kappa shape index (κ2) is 8.60. The lowest BCUT2D eigenvalue weighted by atomic mass is 10.2. The van der Waals surface area contributed by atoms with Gasteiger partial charge in [0.25, 0.3) is 5.91 Å². The van der Waals surface area contributed by atoms with Crippen molar-refractivity contribution < 1.29 is 4.79 Å². The van der Waals surface area contributed by atoms with Gasteiger partial charge in [0.2, 0.25) is 0 Å². The van der Waals surface area contributed by atoms with Crippen LogP contribution in [-0.4, -0.2) is 10.9 Å². The maximum Gasteiger partial charge on any atom is 0.253 e. The molecule has 3 aromatic carbocycles. The lowest BCUT2D eigenvalue weighted by molar-refractivity contribution is -0.114. The highest BCUT2D eigenvalue weighted by Crippen LogP contribution is 2.31. The van der Waals surface area contributed by atoms with Gasteiger partial charge in [-0.2, -0.15) is 0 Å². The maximum atomic E-state index is 13.2. The molecule has 0 radical (unpaired) electrons. The molecule has 29 heavy (non-hydrogen) atoms. The van der Waals surface area contributed by atoms with Crippen LogP contribution in [0.15, 0.2) is 78.9 Å². The molecular weight excluding hydrogens is 400 g/mol. The van der Waals surface area contributed by atoms with Gasteiger partial charge in [0, 0.05) is 11.1 Å². The van der Waals surface area contributed by atoms with Crippen LogP contribution < -0.4 is 4.90 Å². The summed E-state index contributed by atoms with van der Waals surface area (Å²) in [6.07, 6.45) is 3.31. The van der Waals surface area contributed by atoms with Gasteiger partial charge in [-0.3, -0.25) is 9.69 Å². The minimum Gasteiger partial charge on any atom is -0.280 e. The lowest BCUT2D eigenvalue weighted by Crippen LogP contribution is -2.28. The van der Waals surface area contributed by atoms with Crippen molar-refractivity contribution in [3.8, 4) is 0 Å². The number of aryl methyl sites for hydroxylation is 1. The lowest BCUT2D eigenvalue weighted by Gasteiger charge is -2.18. The van der Waals surface area contributed by atoms with E-state index in [0.29, 0.717) is 16.7 Å². The number of carbonyl (C=O) groups excluding carboxylic acids is 1. The highest BCUT2D eigenvalue weighted by Gasteiger charge is 2.19. The van der Waals surface area contributed by atoms with Crippen LogP contribution in [0.2, 0.25) is 5.02 Å². The molecule has 4 aromatic rings. The normalized spacial score (nSPS) is 11.2. The largest absolute Gasteiger partial charge is 0.280 e. The molecule has 3 nitrogen and oxygen atoms in total. The van der Waals surface area contributed by atoms with E-state index in [-0.39, 0.29) is 5.91 Å². The molecule has 0 unspecified atom stereocenters. The van der Waals surface area contributed by atoms with Gasteiger partial charge in [0.1, 0.15) is 0 Å². The average Bonchev–Trinajstić information content (AvgIpc) is 3.17. The first-order chi connectivity index (χ1) is 14.1. The van der Waals surface area contributed by atoms with E-state index in [2.05, 4.69) is 0 Å². The summed E-state index contributed by atoms with van der Waals surface area (Å²) >= 11 is 7.74. The molecule has 0 aliphatic rings. The van der Waals surface area contributed by atoms with Crippen LogP contribution in [0.3, 0.4) is 0 Å². The van der Waals surface area contributed by atoms with Crippen LogP contribution in [0.5, 0.6) is 0 Å². The first kappa shape index (κ1) is 19.4. The number of amides is 1. The van der Waals surface area contributed by atoms with Crippen LogP contribution in [0.25, 0.3) is 16.3 Å². The number of para-hydroxylation sites is 1. The molecule has 0 aliphatic carbocycles. The molecule has 0 saturated heterocycles. The van der Waals surface area contributed by atoms with Gasteiger partial charge in [-0.1, -0.05) is 83.6 Å². The van der Waals surface area contributed by atoms with Crippen LogP contribution in [0.1, 0.15) is 16.7 Å². The molecule has 1 aromatic heterocycles. The van der Waals surface area contributed by atoms with Crippen molar-refractivity contribution in [1.29, 1.82) is 0 Å².